The van der Waals surface area contributed by atoms with Gasteiger partial charge in [-0.05, 0) is 35.4 Å². The van der Waals surface area contributed by atoms with E-state index in [1.54, 1.807) is 18.0 Å². The number of amides is 1. The number of aliphatic imine (C=N–C) groups is 1. The lowest BCUT2D eigenvalue weighted by atomic mass is 9.95. The summed E-state index contributed by atoms with van der Waals surface area (Å²) in [5, 5.41) is 9.24. The first kappa shape index (κ1) is 16.7. The summed E-state index contributed by atoms with van der Waals surface area (Å²) in [4.78, 5) is 18.6. The number of benzene rings is 3. The number of rotatable bonds is 2. The van der Waals surface area contributed by atoms with E-state index in [0.29, 0.717) is 5.56 Å². The summed E-state index contributed by atoms with van der Waals surface area (Å²) in [6, 6.07) is 25.7. The van der Waals surface area contributed by atoms with Crippen LogP contribution in [0.3, 0.4) is 0 Å². The molecule has 1 aliphatic rings. The van der Waals surface area contributed by atoms with Crippen LogP contribution in [0.2, 0.25) is 0 Å². The average Bonchev–Trinajstić information content (AvgIpc) is 2.85. The molecule has 4 heteroatoms. The number of benzodiazepines with no additional fused rings is 1. The van der Waals surface area contributed by atoms with E-state index < -0.39 is 0 Å². The largest absolute Gasteiger partial charge is 0.313 e. The van der Waals surface area contributed by atoms with Gasteiger partial charge in [0.25, 0.3) is 0 Å². The van der Waals surface area contributed by atoms with Crippen molar-refractivity contribution in [1.29, 1.82) is 5.26 Å². The lowest BCUT2D eigenvalue weighted by Crippen LogP contribution is -2.27. The Hall–Kier alpha value is -3.71. The second kappa shape index (κ2) is 6.89. The molecule has 27 heavy (non-hydrogen) atoms. The van der Waals surface area contributed by atoms with Crippen molar-refractivity contribution in [2.45, 2.75) is 0 Å². The smallest absolute Gasteiger partial charge is 0.248 e. The maximum absolute atomic E-state index is 12.4. The van der Waals surface area contributed by atoms with Gasteiger partial charge in [-0.2, -0.15) is 5.26 Å². The molecule has 0 bridgehead atoms. The lowest BCUT2D eigenvalue weighted by molar-refractivity contribution is -0.116. The zero-order valence-corrected chi connectivity index (χ0v) is 14.9. The van der Waals surface area contributed by atoms with Gasteiger partial charge >= 0.3 is 0 Å². The highest BCUT2D eigenvalue weighted by atomic mass is 16.2. The summed E-state index contributed by atoms with van der Waals surface area (Å²) >= 11 is 0. The van der Waals surface area contributed by atoms with Crippen LogP contribution in [0, 0.1) is 11.3 Å². The Morgan fingerprint density at radius 1 is 0.926 bits per heavy atom. The molecule has 0 unspecified atom stereocenters. The number of anilines is 1. The van der Waals surface area contributed by atoms with E-state index >= 15 is 0 Å². The maximum Gasteiger partial charge on any atom is 0.248 e. The van der Waals surface area contributed by atoms with Gasteiger partial charge in [-0.25, -0.2) is 0 Å². The molecule has 1 aliphatic heterocycles. The van der Waals surface area contributed by atoms with Gasteiger partial charge in [0.15, 0.2) is 0 Å². The van der Waals surface area contributed by atoms with Crippen molar-refractivity contribution in [2.24, 2.45) is 4.99 Å². The van der Waals surface area contributed by atoms with E-state index in [0.717, 1.165) is 33.7 Å². The Balaban J connectivity index is 1.92. The fourth-order valence-electron chi connectivity index (χ4n) is 3.28. The maximum atomic E-state index is 12.4. The molecule has 0 N–H and O–H groups in total. The molecule has 0 saturated carbocycles. The number of carbonyl (C=O) groups excluding carboxylic acids is 1. The number of carbonyl (C=O) groups is 1. The molecule has 4 nitrogen and oxygen atoms in total. The van der Waals surface area contributed by atoms with Crippen LogP contribution in [0.1, 0.15) is 16.7 Å². The minimum Gasteiger partial charge on any atom is -0.313 e. The normalized spacial score (nSPS) is 13.4. The molecule has 0 aromatic heterocycles. The van der Waals surface area contributed by atoms with Crippen LogP contribution in [0.25, 0.3) is 11.1 Å². The van der Waals surface area contributed by atoms with Crippen LogP contribution in [-0.2, 0) is 4.79 Å². The third-order valence-electron chi connectivity index (χ3n) is 4.73. The summed E-state index contributed by atoms with van der Waals surface area (Å²) in [7, 11) is 1.77. The van der Waals surface area contributed by atoms with Crippen molar-refractivity contribution in [3.63, 3.8) is 0 Å². The highest BCUT2D eigenvalue weighted by molar-refractivity contribution is 6.20. The standard InChI is InChI=1S/C23H17N3O/c1-26-21-11-10-18(17-7-3-2-4-8-17)13-20(21)23(25-15-22(26)27)19-9-5-6-16(12-19)14-24/h2-13H,15H2,1H3. The topological polar surface area (TPSA) is 56.5 Å². The van der Waals surface area contributed by atoms with Gasteiger partial charge in [-0.15, -0.1) is 0 Å². The van der Waals surface area contributed by atoms with E-state index in [9.17, 15) is 10.1 Å². The molecule has 0 atom stereocenters. The van der Waals surface area contributed by atoms with Crippen LogP contribution in [0.15, 0.2) is 77.8 Å². The molecule has 1 heterocycles. The third kappa shape index (κ3) is 3.11. The van der Waals surface area contributed by atoms with Crippen molar-refractivity contribution in [3.8, 4) is 17.2 Å². The van der Waals surface area contributed by atoms with Gasteiger partial charge in [-0.3, -0.25) is 9.79 Å². The lowest BCUT2D eigenvalue weighted by Gasteiger charge is -2.19. The molecule has 4 rings (SSSR count). The first-order valence-corrected chi connectivity index (χ1v) is 8.69. The zero-order chi connectivity index (χ0) is 18.8. The van der Waals surface area contributed by atoms with E-state index in [-0.39, 0.29) is 12.5 Å². The molecular formula is C23H17N3O. The molecule has 1 amide bonds. The highest BCUT2D eigenvalue weighted by Crippen LogP contribution is 2.31. The van der Waals surface area contributed by atoms with Crippen molar-refractivity contribution in [2.75, 3.05) is 18.5 Å². The first-order valence-electron chi connectivity index (χ1n) is 8.69. The van der Waals surface area contributed by atoms with Crippen LogP contribution in [-0.4, -0.2) is 25.2 Å². The minimum absolute atomic E-state index is 0.0600. The number of nitriles is 1. The van der Waals surface area contributed by atoms with Crippen LogP contribution in [0.5, 0.6) is 0 Å². The van der Waals surface area contributed by atoms with Crippen molar-refractivity contribution in [3.05, 3.63) is 89.5 Å². The monoisotopic (exact) mass is 351 g/mol. The Kier molecular flexibility index (Phi) is 4.27. The Bertz CT molecular complexity index is 1090. The van der Waals surface area contributed by atoms with Gasteiger partial charge in [-0.1, -0.05) is 48.5 Å². The van der Waals surface area contributed by atoms with Gasteiger partial charge in [0.05, 0.1) is 23.0 Å². The Morgan fingerprint density at radius 2 is 1.70 bits per heavy atom. The molecule has 0 fully saturated rings. The fraction of sp³-hybridized carbons (Fsp3) is 0.0870. The van der Waals surface area contributed by atoms with E-state index in [2.05, 4.69) is 29.3 Å². The summed E-state index contributed by atoms with van der Waals surface area (Å²) in [6.45, 7) is 0.0813. The molecule has 3 aromatic carbocycles. The summed E-state index contributed by atoms with van der Waals surface area (Å²) < 4.78 is 0. The van der Waals surface area contributed by atoms with Crippen molar-refractivity contribution < 1.29 is 4.79 Å². The molecule has 3 aromatic rings. The molecule has 0 spiro atoms. The van der Waals surface area contributed by atoms with Gasteiger partial charge < -0.3 is 4.90 Å². The molecule has 130 valence electrons. The number of hydrogen-bond donors (Lipinski definition) is 0. The predicted molar refractivity (Wildman–Crippen MR) is 107 cm³/mol. The quantitative estimate of drug-likeness (QED) is 0.700. The van der Waals surface area contributed by atoms with Crippen molar-refractivity contribution >= 4 is 17.3 Å². The number of fused-ring (bicyclic) bond motifs is 1. The number of likely N-dealkylation sites (N-methyl/N-ethyl adjacent to an activating group) is 1. The Morgan fingerprint density at radius 3 is 2.48 bits per heavy atom. The molecular weight excluding hydrogens is 334 g/mol. The number of hydrogen-bond acceptors (Lipinski definition) is 3. The summed E-state index contributed by atoms with van der Waals surface area (Å²) in [5.41, 5.74) is 6.00. The predicted octanol–water partition coefficient (Wildman–Crippen LogP) is 4.04. The van der Waals surface area contributed by atoms with Crippen LogP contribution in [0.4, 0.5) is 5.69 Å². The zero-order valence-electron chi connectivity index (χ0n) is 14.9. The van der Waals surface area contributed by atoms with Crippen LogP contribution < -0.4 is 4.90 Å². The van der Waals surface area contributed by atoms with E-state index in [1.165, 1.54) is 0 Å². The van der Waals surface area contributed by atoms with E-state index in [1.807, 2.05) is 48.5 Å². The third-order valence-corrected chi connectivity index (χ3v) is 4.73. The molecule has 0 saturated heterocycles. The fourth-order valence-corrected chi connectivity index (χ4v) is 3.28. The minimum atomic E-state index is -0.0600. The second-order valence-electron chi connectivity index (χ2n) is 6.41. The van der Waals surface area contributed by atoms with Gasteiger partial charge in [0, 0.05) is 18.2 Å². The molecule has 0 radical (unpaired) electrons. The van der Waals surface area contributed by atoms with Crippen molar-refractivity contribution in [1.82, 2.24) is 0 Å². The second-order valence-corrected chi connectivity index (χ2v) is 6.41. The molecule has 0 aliphatic carbocycles. The summed E-state index contributed by atoms with van der Waals surface area (Å²) in [5.74, 6) is -0.0600. The van der Waals surface area contributed by atoms with E-state index in [4.69, 9.17) is 0 Å². The van der Waals surface area contributed by atoms with Crippen LogP contribution >= 0.6 is 0 Å². The van der Waals surface area contributed by atoms with Gasteiger partial charge in [0.1, 0.15) is 6.54 Å². The Labute approximate surface area is 158 Å². The SMILES string of the molecule is CN1C(=O)CN=C(c2cccc(C#N)c2)c2cc(-c3ccccc3)ccc21. The average molecular weight is 351 g/mol. The first-order chi connectivity index (χ1) is 13.2. The van der Waals surface area contributed by atoms with Gasteiger partial charge in [0.2, 0.25) is 5.91 Å². The number of nitrogens with zero attached hydrogens (tertiary/aromatic N) is 3. The summed E-state index contributed by atoms with van der Waals surface area (Å²) in [6.07, 6.45) is 0. The highest BCUT2D eigenvalue weighted by Gasteiger charge is 2.23.